The largest absolute Gasteiger partial charge is 0.463 e. The molecular weight excluding hydrogens is 210 g/mol. The topological polar surface area (TPSA) is 55.6 Å². The van der Waals surface area contributed by atoms with E-state index in [0.717, 1.165) is 6.42 Å². The van der Waals surface area contributed by atoms with Gasteiger partial charge in [0.05, 0.1) is 6.61 Å². The Labute approximate surface area is 94.3 Å². The quantitative estimate of drug-likeness (QED) is 0.505. The van der Waals surface area contributed by atoms with Crippen LogP contribution in [0.15, 0.2) is 12.3 Å². The van der Waals surface area contributed by atoms with E-state index >= 15 is 0 Å². The Morgan fingerprint density at radius 3 is 2.81 bits per heavy atom. The second-order valence-electron chi connectivity index (χ2n) is 3.36. The van der Waals surface area contributed by atoms with E-state index in [0.29, 0.717) is 0 Å². The third-order valence-corrected chi connectivity index (χ3v) is 2.01. The minimum absolute atomic E-state index is 0.125. The van der Waals surface area contributed by atoms with Crippen LogP contribution in [0.1, 0.15) is 20.3 Å². The molecule has 1 heterocycles. The molecule has 5 nitrogen and oxygen atoms in total. The minimum atomic E-state index is -0.848. The van der Waals surface area contributed by atoms with Crippen molar-refractivity contribution in [3.05, 3.63) is 12.3 Å². The standard InChI is InChI=1S/C11H16NO4/c1-3-15-11(14)9(2)16-10(13)8-12-6-4-5-7-12/h4,6-7,9H,3,5,8H2,1-2H3/q+1. The van der Waals surface area contributed by atoms with Gasteiger partial charge in [0.2, 0.25) is 6.54 Å². The van der Waals surface area contributed by atoms with Crippen molar-refractivity contribution in [1.29, 1.82) is 0 Å². The van der Waals surface area contributed by atoms with E-state index in [1.54, 1.807) is 17.7 Å². The van der Waals surface area contributed by atoms with Crippen molar-refractivity contribution in [3.8, 4) is 0 Å². The molecule has 0 aliphatic carbocycles. The molecule has 0 spiro atoms. The molecule has 0 radical (unpaired) electrons. The molecule has 0 N–H and O–H groups in total. The van der Waals surface area contributed by atoms with Crippen molar-refractivity contribution in [2.75, 3.05) is 13.2 Å². The maximum Gasteiger partial charge on any atom is 0.373 e. The van der Waals surface area contributed by atoms with Crippen LogP contribution >= 0.6 is 0 Å². The van der Waals surface area contributed by atoms with Crippen molar-refractivity contribution in [3.63, 3.8) is 0 Å². The zero-order valence-electron chi connectivity index (χ0n) is 9.51. The summed E-state index contributed by atoms with van der Waals surface area (Å²) in [4.78, 5) is 22.6. The fourth-order valence-electron chi connectivity index (χ4n) is 1.26. The van der Waals surface area contributed by atoms with E-state index in [1.165, 1.54) is 6.92 Å². The molecule has 0 saturated carbocycles. The second kappa shape index (κ2) is 6.05. The molecule has 0 aromatic rings. The Kier molecular flexibility index (Phi) is 4.69. The molecule has 1 rings (SSSR count). The van der Waals surface area contributed by atoms with Crippen molar-refractivity contribution in [2.24, 2.45) is 0 Å². The Balaban J connectivity index is 2.33. The van der Waals surface area contributed by atoms with Gasteiger partial charge in [0.25, 0.3) is 0 Å². The molecule has 0 aromatic heterocycles. The van der Waals surface area contributed by atoms with Crippen LogP contribution in [0, 0.1) is 0 Å². The first kappa shape index (κ1) is 12.4. The summed E-state index contributed by atoms with van der Waals surface area (Å²) < 4.78 is 11.4. The van der Waals surface area contributed by atoms with Crippen molar-refractivity contribution in [1.82, 2.24) is 0 Å². The fourth-order valence-corrected chi connectivity index (χ4v) is 1.26. The summed E-state index contributed by atoms with van der Waals surface area (Å²) in [6.07, 6.45) is 5.58. The summed E-state index contributed by atoms with van der Waals surface area (Å²) in [6.45, 7) is 3.61. The third-order valence-electron chi connectivity index (χ3n) is 2.01. The highest BCUT2D eigenvalue weighted by Gasteiger charge is 2.21. The highest BCUT2D eigenvalue weighted by Crippen LogP contribution is 1.98. The fraction of sp³-hybridized carbons (Fsp3) is 0.545. The Morgan fingerprint density at radius 1 is 1.50 bits per heavy atom. The van der Waals surface area contributed by atoms with Gasteiger partial charge in [-0.2, -0.15) is 4.58 Å². The number of carbonyl (C=O) groups is 2. The van der Waals surface area contributed by atoms with Crippen molar-refractivity contribution in [2.45, 2.75) is 26.4 Å². The molecule has 0 saturated heterocycles. The lowest BCUT2D eigenvalue weighted by Crippen LogP contribution is -2.29. The molecular formula is C11H16NO4+. The number of esters is 2. The van der Waals surface area contributed by atoms with E-state index in [1.807, 2.05) is 12.3 Å². The van der Waals surface area contributed by atoms with Crippen LogP contribution in [0.25, 0.3) is 0 Å². The maximum absolute atomic E-state index is 11.4. The Morgan fingerprint density at radius 2 is 2.25 bits per heavy atom. The van der Waals surface area contributed by atoms with Gasteiger partial charge in [-0.05, 0) is 19.9 Å². The summed E-state index contributed by atoms with van der Waals surface area (Å²) in [5.74, 6) is -0.958. The lowest BCUT2D eigenvalue weighted by atomic mass is 10.4. The van der Waals surface area contributed by atoms with Gasteiger partial charge in [-0.15, -0.1) is 0 Å². The van der Waals surface area contributed by atoms with Gasteiger partial charge >= 0.3 is 11.9 Å². The van der Waals surface area contributed by atoms with Crippen LogP contribution < -0.4 is 0 Å². The van der Waals surface area contributed by atoms with E-state index in [9.17, 15) is 9.59 Å². The van der Waals surface area contributed by atoms with Gasteiger partial charge in [0.15, 0.2) is 12.3 Å². The molecule has 1 aliphatic heterocycles. The molecule has 16 heavy (non-hydrogen) atoms. The van der Waals surface area contributed by atoms with Crippen LogP contribution in [0.4, 0.5) is 0 Å². The lowest BCUT2D eigenvalue weighted by molar-refractivity contribution is -0.440. The molecule has 0 fully saturated rings. The summed E-state index contributed by atoms with van der Waals surface area (Å²) in [7, 11) is 0. The summed E-state index contributed by atoms with van der Waals surface area (Å²) in [5, 5.41) is 0. The Bertz CT molecular complexity index is 333. The highest BCUT2D eigenvalue weighted by atomic mass is 16.6. The van der Waals surface area contributed by atoms with Crippen LogP contribution in [0.5, 0.6) is 0 Å². The second-order valence-corrected chi connectivity index (χ2v) is 3.36. The number of rotatable bonds is 5. The molecule has 1 aliphatic rings. The van der Waals surface area contributed by atoms with Gasteiger partial charge in [-0.3, -0.25) is 0 Å². The molecule has 0 amide bonds. The highest BCUT2D eigenvalue weighted by molar-refractivity contribution is 5.79. The number of hydrogen-bond donors (Lipinski definition) is 0. The van der Waals surface area contributed by atoms with Crippen LogP contribution in [0.3, 0.4) is 0 Å². The Hall–Kier alpha value is -1.65. The number of hydrogen-bond acceptors (Lipinski definition) is 4. The normalized spacial score (nSPS) is 15.5. The number of ether oxygens (including phenoxy) is 2. The molecule has 5 heteroatoms. The van der Waals surface area contributed by atoms with Crippen LogP contribution in [0.2, 0.25) is 0 Å². The smallest absolute Gasteiger partial charge is 0.373 e. The van der Waals surface area contributed by atoms with E-state index < -0.39 is 18.0 Å². The predicted octanol–water partition coefficient (Wildman–Crippen LogP) is 0.482. The van der Waals surface area contributed by atoms with E-state index in [2.05, 4.69) is 0 Å². The summed E-state index contributed by atoms with van der Waals surface area (Å²) in [6, 6.07) is 0. The SMILES string of the molecule is CCOC(=O)C(C)OC(=O)C[N+]1=CCC=C1. The van der Waals surface area contributed by atoms with Crippen LogP contribution in [-0.2, 0) is 19.1 Å². The number of allylic oxidation sites excluding steroid dienone is 1. The first-order valence-electron chi connectivity index (χ1n) is 5.25. The van der Waals surface area contributed by atoms with Crippen molar-refractivity contribution < 1.29 is 23.6 Å². The zero-order valence-corrected chi connectivity index (χ0v) is 9.51. The first-order chi connectivity index (χ1) is 7.63. The average Bonchev–Trinajstić information content (AvgIpc) is 2.70. The van der Waals surface area contributed by atoms with Gasteiger partial charge in [0.1, 0.15) is 6.21 Å². The number of carbonyl (C=O) groups excluding carboxylic acids is 2. The van der Waals surface area contributed by atoms with Crippen LogP contribution in [-0.4, -0.2) is 42.0 Å². The first-order valence-corrected chi connectivity index (χ1v) is 5.25. The molecule has 0 aromatic carbocycles. The van der Waals surface area contributed by atoms with E-state index in [-0.39, 0.29) is 13.2 Å². The van der Waals surface area contributed by atoms with Crippen molar-refractivity contribution >= 4 is 18.2 Å². The molecule has 88 valence electrons. The van der Waals surface area contributed by atoms with E-state index in [4.69, 9.17) is 9.47 Å². The monoisotopic (exact) mass is 226 g/mol. The third kappa shape index (κ3) is 3.84. The zero-order chi connectivity index (χ0) is 12.0. The number of nitrogens with zero attached hydrogens (tertiary/aromatic N) is 1. The van der Waals surface area contributed by atoms with Gasteiger partial charge in [-0.25, -0.2) is 9.59 Å². The van der Waals surface area contributed by atoms with Gasteiger partial charge in [0, 0.05) is 6.42 Å². The summed E-state index contributed by atoms with van der Waals surface area (Å²) >= 11 is 0. The molecule has 1 atom stereocenters. The van der Waals surface area contributed by atoms with Gasteiger partial charge < -0.3 is 9.47 Å². The molecule has 1 unspecified atom stereocenters. The minimum Gasteiger partial charge on any atom is -0.463 e. The average molecular weight is 226 g/mol. The van der Waals surface area contributed by atoms with Gasteiger partial charge in [-0.1, -0.05) is 0 Å². The predicted molar refractivity (Wildman–Crippen MR) is 57.1 cm³/mol. The summed E-state index contributed by atoms with van der Waals surface area (Å²) in [5.41, 5.74) is 0. The molecule has 0 bridgehead atoms. The lowest BCUT2D eigenvalue weighted by Gasteiger charge is -2.10. The maximum atomic E-state index is 11.4.